The van der Waals surface area contributed by atoms with Crippen LogP contribution in [0.1, 0.15) is 54.0 Å². The molecule has 0 radical (unpaired) electrons. The van der Waals surface area contributed by atoms with Gasteiger partial charge in [-0.3, -0.25) is 9.69 Å². The summed E-state index contributed by atoms with van der Waals surface area (Å²) in [6, 6.07) is 21.5. The second-order valence-corrected chi connectivity index (χ2v) is 8.99. The lowest BCUT2D eigenvalue weighted by molar-refractivity contribution is -0.132. The number of rotatable bonds is 10. The average Bonchev–Trinajstić information content (AvgIpc) is 3.27. The van der Waals surface area contributed by atoms with Gasteiger partial charge in [-0.1, -0.05) is 68.4 Å². The normalized spacial score (nSPS) is 13.4. The Balaban J connectivity index is 1.28. The molecule has 174 valence electrons. The summed E-state index contributed by atoms with van der Waals surface area (Å²) in [5, 5.41) is 0. The zero-order chi connectivity index (χ0) is 23.0. The van der Waals surface area contributed by atoms with Crippen molar-refractivity contribution >= 4 is 5.91 Å². The predicted molar refractivity (Wildman–Crippen MR) is 133 cm³/mol. The number of carbonyl (C=O) groups excluding carboxylic acids is 1. The first-order chi connectivity index (χ1) is 16.1. The van der Waals surface area contributed by atoms with Gasteiger partial charge in [0.25, 0.3) is 0 Å². The third-order valence-electron chi connectivity index (χ3n) is 6.72. The van der Waals surface area contributed by atoms with E-state index in [2.05, 4.69) is 79.4 Å². The molecule has 1 aliphatic rings. The zero-order valence-electron chi connectivity index (χ0n) is 20.1. The number of carbonyl (C=O) groups is 1. The van der Waals surface area contributed by atoms with Crippen molar-refractivity contribution in [3.63, 3.8) is 0 Å². The van der Waals surface area contributed by atoms with Crippen molar-refractivity contribution in [3.8, 4) is 0 Å². The summed E-state index contributed by atoms with van der Waals surface area (Å²) in [5.41, 5.74) is 5.21. The minimum absolute atomic E-state index is 0.219. The highest BCUT2D eigenvalue weighted by molar-refractivity contribution is 5.76. The first kappa shape index (κ1) is 23.3. The van der Waals surface area contributed by atoms with Gasteiger partial charge < -0.3 is 9.32 Å². The number of nitrogens with zero attached hydrogens (tertiary/aromatic N) is 2. The van der Waals surface area contributed by atoms with Crippen molar-refractivity contribution in [2.24, 2.45) is 0 Å². The molecule has 0 unspecified atom stereocenters. The van der Waals surface area contributed by atoms with E-state index in [4.69, 9.17) is 4.42 Å². The standard InChI is InChI=1S/C29H36N2O2/c1-3-30(4-2)21-27-20-26-17-18-31(22-28(26)33-27)29(32)16-15-25-12-8-11-24(19-25)14-13-23-9-6-5-7-10-23/h5-12,19-20H,3-4,13-18,21-22H2,1-2H3. The Kier molecular flexibility index (Phi) is 8.01. The maximum atomic E-state index is 12.9. The molecule has 0 aliphatic carbocycles. The van der Waals surface area contributed by atoms with E-state index >= 15 is 0 Å². The lowest BCUT2D eigenvalue weighted by Gasteiger charge is -2.26. The monoisotopic (exact) mass is 444 g/mol. The maximum absolute atomic E-state index is 12.9. The van der Waals surface area contributed by atoms with Gasteiger partial charge in [-0.25, -0.2) is 0 Å². The molecule has 4 rings (SSSR count). The zero-order valence-corrected chi connectivity index (χ0v) is 20.1. The molecule has 4 nitrogen and oxygen atoms in total. The molecule has 0 atom stereocenters. The van der Waals surface area contributed by atoms with E-state index in [-0.39, 0.29) is 5.91 Å². The number of amides is 1. The van der Waals surface area contributed by atoms with Crippen LogP contribution in [0.4, 0.5) is 0 Å². The molecule has 0 saturated carbocycles. The van der Waals surface area contributed by atoms with Crippen molar-refractivity contribution in [1.82, 2.24) is 9.80 Å². The largest absolute Gasteiger partial charge is 0.463 e. The van der Waals surface area contributed by atoms with E-state index < -0.39 is 0 Å². The Labute approximate surface area is 198 Å². The Bertz CT molecular complexity index is 1040. The number of fused-ring (bicyclic) bond motifs is 1. The molecule has 4 heteroatoms. The van der Waals surface area contributed by atoms with Gasteiger partial charge in [0.1, 0.15) is 11.5 Å². The second-order valence-electron chi connectivity index (χ2n) is 8.99. The molecule has 1 amide bonds. The molecule has 2 heterocycles. The fourth-order valence-corrected chi connectivity index (χ4v) is 4.62. The second kappa shape index (κ2) is 11.3. The number of furan rings is 1. The molecule has 33 heavy (non-hydrogen) atoms. The minimum Gasteiger partial charge on any atom is -0.463 e. The van der Waals surface area contributed by atoms with Gasteiger partial charge in [0.2, 0.25) is 5.91 Å². The van der Waals surface area contributed by atoms with E-state index in [0.717, 1.165) is 63.4 Å². The molecule has 1 aliphatic heterocycles. The highest BCUT2D eigenvalue weighted by Crippen LogP contribution is 2.24. The van der Waals surface area contributed by atoms with Gasteiger partial charge in [0.05, 0.1) is 13.1 Å². The molecule has 0 bridgehead atoms. The Hall–Kier alpha value is -2.85. The van der Waals surface area contributed by atoms with Crippen LogP contribution in [0.15, 0.2) is 65.1 Å². The average molecular weight is 445 g/mol. The minimum atomic E-state index is 0.219. The summed E-state index contributed by atoms with van der Waals surface area (Å²) >= 11 is 0. The quantitative estimate of drug-likeness (QED) is 0.419. The smallest absolute Gasteiger partial charge is 0.223 e. The summed E-state index contributed by atoms with van der Waals surface area (Å²) in [4.78, 5) is 17.2. The first-order valence-electron chi connectivity index (χ1n) is 12.4. The van der Waals surface area contributed by atoms with Crippen LogP contribution in [-0.4, -0.2) is 35.3 Å². The Morgan fingerprint density at radius 3 is 2.36 bits per heavy atom. The molecule has 2 aromatic carbocycles. The summed E-state index contributed by atoms with van der Waals surface area (Å²) < 4.78 is 6.13. The summed E-state index contributed by atoms with van der Waals surface area (Å²) in [5.74, 6) is 2.21. The van der Waals surface area contributed by atoms with Crippen LogP contribution in [0.25, 0.3) is 0 Å². The van der Waals surface area contributed by atoms with Crippen LogP contribution in [0.3, 0.4) is 0 Å². The molecular weight excluding hydrogens is 408 g/mol. The van der Waals surface area contributed by atoms with Crippen molar-refractivity contribution in [1.29, 1.82) is 0 Å². The third-order valence-corrected chi connectivity index (χ3v) is 6.72. The van der Waals surface area contributed by atoms with Crippen molar-refractivity contribution < 1.29 is 9.21 Å². The summed E-state index contributed by atoms with van der Waals surface area (Å²) in [7, 11) is 0. The van der Waals surface area contributed by atoms with Gasteiger partial charge in [0.15, 0.2) is 0 Å². The molecule has 1 aromatic heterocycles. The van der Waals surface area contributed by atoms with Gasteiger partial charge in [-0.05, 0) is 67.1 Å². The van der Waals surface area contributed by atoms with E-state index in [9.17, 15) is 4.79 Å². The van der Waals surface area contributed by atoms with E-state index in [1.807, 2.05) is 4.90 Å². The maximum Gasteiger partial charge on any atom is 0.223 e. The highest BCUT2D eigenvalue weighted by atomic mass is 16.3. The van der Waals surface area contributed by atoms with Crippen LogP contribution in [0.5, 0.6) is 0 Å². The number of hydrogen-bond acceptors (Lipinski definition) is 3. The van der Waals surface area contributed by atoms with Crippen LogP contribution >= 0.6 is 0 Å². The highest BCUT2D eigenvalue weighted by Gasteiger charge is 2.24. The van der Waals surface area contributed by atoms with Gasteiger partial charge >= 0.3 is 0 Å². The molecule has 0 fully saturated rings. The van der Waals surface area contributed by atoms with Crippen LogP contribution in [0.2, 0.25) is 0 Å². The molecule has 0 N–H and O–H groups in total. The van der Waals surface area contributed by atoms with E-state index in [1.165, 1.54) is 22.3 Å². The Morgan fingerprint density at radius 2 is 1.61 bits per heavy atom. The first-order valence-corrected chi connectivity index (χ1v) is 12.4. The van der Waals surface area contributed by atoms with Crippen LogP contribution in [0, 0.1) is 0 Å². The topological polar surface area (TPSA) is 36.7 Å². The summed E-state index contributed by atoms with van der Waals surface area (Å²) in [6.45, 7) is 8.60. The number of benzene rings is 2. The van der Waals surface area contributed by atoms with Gasteiger partial charge in [-0.15, -0.1) is 0 Å². The third kappa shape index (κ3) is 6.35. The number of aryl methyl sites for hydroxylation is 3. The molecule has 3 aromatic rings. The fraction of sp³-hybridized carbons (Fsp3) is 0.414. The van der Waals surface area contributed by atoms with Crippen molar-refractivity contribution in [3.05, 3.63) is 94.4 Å². The predicted octanol–water partition coefficient (Wildman–Crippen LogP) is 5.42. The van der Waals surface area contributed by atoms with Gasteiger partial charge in [0, 0.05) is 13.0 Å². The van der Waals surface area contributed by atoms with Gasteiger partial charge in [-0.2, -0.15) is 0 Å². The number of hydrogen-bond donors (Lipinski definition) is 0. The lowest BCUT2D eigenvalue weighted by Crippen LogP contribution is -2.35. The van der Waals surface area contributed by atoms with Crippen LogP contribution in [-0.2, 0) is 43.6 Å². The van der Waals surface area contributed by atoms with E-state index in [1.54, 1.807) is 0 Å². The van der Waals surface area contributed by atoms with Crippen molar-refractivity contribution in [2.45, 2.75) is 59.0 Å². The van der Waals surface area contributed by atoms with E-state index in [0.29, 0.717) is 13.0 Å². The van der Waals surface area contributed by atoms with Crippen molar-refractivity contribution in [2.75, 3.05) is 19.6 Å². The SMILES string of the molecule is CCN(CC)Cc1cc2c(o1)CN(C(=O)CCc1cccc(CCc3ccccc3)c1)CC2. The Morgan fingerprint density at radius 1 is 0.909 bits per heavy atom. The molecule has 0 saturated heterocycles. The van der Waals surface area contributed by atoms with Crippen LogP contribution < -0.4 is 0 Å². The molecular formula is C29H36N2O2. The fourth-order valence-electron chi connectivity index (χ4n) is 4.62. The molecule has 0 spiro atoms. The lowest BCUT2D eigenvalue weighted by atomic mass is 10.0. The summed E-state index contributed by atoms with van der Waals surface area (Å²) in [6.07, 6.45) is 4.28.